The fourth-order valence-corrected chi connectivity index (χ4v) is 6.10. The second-order valence-corrected chi connectivity index (χ2v) is 14.0. The Morgan fingerprint density at radius 1 is 0.588 bits per heavy atom. The standard InChI is InChI=1S/C30H44N2O2/c1-27(2,3)17-29(7,8)19-11-13-23-21(15-19)31-25(33-23)26-32-22-16-20(12-14-24(22)34-26)30(9,10)18-28(4,5)6/h11-16,25-26,31-32H,17-18H2,1-10H3/t25-,26+. The fraction of sp³-hybridized carbons (Fsp3) is 0.600. The average Bonchev–Trinajstić information content (AvgIpc) is 3.26. The quantitative estimate of drug-likeness (QED) is 0.469. The third kappa shape index (κ3) is 5.31. The lowest BCUT2D eigenvalue weighted by molar-refractivity contribution is 0.113. The van der Waals surface area contributed by atoms with Crippen molar-refractivity contribution in [1.29, 1.82) is 0 Å². The van der Waals surface area contributed by atoms with Crippen molar-refractivity contribution in [2.45, 2.75) is 105 Å². The Kier molecular flexibility index (Phi) is 5.90. The maximum Gasteiger partial charge on any atom is 0.226 e. The zero-order valence-corrected chi connectivity index (χ0v) is 22.8. The minimum Gasteiger partial charge on any atom is -0.462 e. The summed E-state index contributed by atoms with van der Waals surface area (Å²) in [5.74, 6) is 1.77. The second-order valence-electron chi connectivity index (χ2n) is 14.0. The number of nitrogens with one attached hydrogen (secondary N) is 2. The van der Waals surface area contributed by atoms with E-state index in [2.05, 4.69) is 116 Å². The molecule has 186 valence electrons. The number of fused-ring (bicyclic) bond motifs is 2. The highest BCUT2D eigenvalue weighted by molar-refractivity contribution is 5.66. The van der Waals surface area contributed by atoms with Crippen LogP contribution in [0.15, 0.2) is 36.4 Å². The normalized spacial score (nSPS) is 20.1. The number of benzene rings is 2. The van der Waals surface area contributed by atoms with Gasteiger partial charge in [-0.1, -0.05) is 81.4 Å². The lowest BCUT2D eigenvalue weighted by atomic mass is 9.72. The maximum absolute atomic E-state index is 6.26. The predicted octanol–water partition coefficient (Wildman–Crippen LogP) is 8.08. The molecule has 4 nitrogen and oxygen atoms in total. The van der Waals surface area contributed by atoms with Gasteiger partial charge >= 0.3 is 0 Å². The van der Waals surface area contributed by atoms with E-state index < -0.39 is 0 Å². The minimum atomic E-state index is -0.283. The van der Waals surface area contributed by atoms with Crippen LogP contribution in [0.1, 0.15) is 93.2 Å². The van der Waals surface area contributed by atoms with Crippen LogP contribution in [-0.4, -0.2) is 12.5 Å². The molecule has 34 heavy (non-hydrogen) atoms. The van der Waals surface area contributed by atoms with Crippen molar-refractivity contribution in [3.8, 4) is 11.5 Å². The van der Waals surface area contributed by atoms with E-state index in [0.29, 0.717) is 0 Å². The molecule has 4 heteroatoms. The van der Waals surface area contributed by atoms with Crippen LogP contribution in [0.3, 0.4) is 0 Å². The van der Waals surface area contributed by atoms with Crippen LogP contribution in [0.2, 0.25) is 0 Å². The Balaban J connectivity index is 1.47. The molecular weight excluding hydrogens is 420 g/mol. The highest BCUT2D eigenvalue weighted by atomic mass is 16.6. The average molecular weight is 465 g/mol. The Bertz CT molecular complexity index is 971. The van der Waals surface area contributed by atoms with Crippen LogP contribution in [0.4, 0.5) is 11.4 Å². The van der Waals surface area contributed by atoms with Gasteiger partial charge in [-0.15, -0.1) is 0 Å². The summed E-state index contributed by atoms with van der Waals surface area (Å²) in [6.45, 7) is 23.1. The maximum atomic E-state index is 6.26. The highest BCUT2D eigenvalue weighted by Gasteiger charge is 2.38. The number of rotatable bonds is 5. The van der Waals surface area contributed by atoms with Gasteiger partial charge in [-0.3, -0.25) is 0 Å². The van der Waals surface area contributed by atoms with Crippen LogP contribution in [0.25, 0.3) is 0 Å². The van der Waals surface area contributed by atoms with Crippen molar-refractivity contribution >= 4 is 11.4 Å². The van der Waals surface area contributed by atoms with Gasteiger partial charge in [0, 0.05) is 0 Å². The van der Waals surface area contributed by atoms with Gasteiger partial charge in [-0.25, -0.2) is 0 Å². The van der Waals surface area contributed by atoms with E-state index in [-0.39, 0.29) is 34.1 Å². The molecule has 0 aromatic heterocycles. The monoisotopic (exact) mass is 464 g/mol. The van der Waals surface area contributed by atoms with Crippen LogP contribution < -0.4 is 20.1 Å². The van der Waals surface area contributed by atoms with Gasteiger partial charge < -0.3 is 20.1 Å². The molecule has 0 spiro atoms. The van der Waals surface area contributed by atoms with E-state index in [0.717, 1.165) is 35.7 Å². The van der Waals surface area contributed by atoms with E-state index in [1.807, 2.05) is 0 Å². The lowest BCUT2D eigenvalue weighted by Crippen LogP contribution is -2.41. The third-order valence-corrected chi connectivity index (χ3v) is 6.84. The first kappa shape index (κ1) is 24.8. The molecule has 0 amide bonds. The van der Waals surface area contributed by atoms with Gasteiger partial charge in [-0.05, 0) is 69.9 Å². The molecule has 0 saturated heterocycles. The summed E-state index contributed by atoms with van der Waals surface area (Å²) in [6.07, 6.45) is 1.66. The molecule has 2 N–H and O–H groups in total. The predicted molar refractivity (Wildman–Crippen MR) is 143 cm³/mol. The van der Waals surface area contributed by atoms with Crippen LogP contribution in [0, 0.1) is 10.8 Å². The van der Waals surface area contributed by atoms with Gasteiger partial charge in [0.05, 0.1) is 11.4 Å². The molecule has 2 atom stereocenters. The summed E-state index contributed by atoms with van der Waals surface area (Å²) < 4.78 is 12.5. The summed E-state index contributed by atoms with van der Waals surface area (Å²) >= 11 is 0. The first-order valence-electron chi connectivity index (χ1n) is 12.7. The van der Waals surface area contributed by atoms with Crippen LogP contribution in [-0.2, 0) is 10.8 Å². The zero-order valence-electron chi connectivity index (χ0n) is 22.8. The molecule has 0 saturated carbocycles. The number of hydrogen-bond donors (Lipinski definition) is 2. The van der Waals surface area contributed by atoms with Gasteiger partial charge in [-0.2, -0.15) is 0 Å². The molecule has 0 radical (unpaired) electrons. The topological polar surface area (TPSA) is 42.5 Å². The molecule has 2 heterocycles. The van der Waals surface area contributed by atoms with E-state index in [1.165, 1.54) is 11.1 Å². The van der Waals surface area contributed by atoms with E-state index in [9.17, 15) is 0 Å². The zero-order chi connectivity index (χ0) is 25.1. The summed E-state index contributed by atoms with van der Waals surface area (Å²) in [5, 5.41) is 7.11. The van der Waals surface area contributed by atoms with Crippen molar-refractivity contribution in [2.24, 2.45) is 10.8 Å². The largest absolute Gasteiger partial charge is 0.462 e. The van der Waals surface area contributed by atoms with Crippen molar-refractivity contribution in [1.82, 2.24) is 0 Å². The Hall–Kier alpha value is -2.36. The van der Waals surface area contributed by atoms with Gasteiger partial charge in [0.15, 0.2) is 0 Å². The van der Waals surface area contributed by atoms with Crippen molar-refractivity contribution in [3.05, 3.63) is 47.5 Å². The molecule has 0 aliphatic carbocycles. The molecule has 0 bridgehead atoms. The molecule has 0 fully saturated rings. The summed E-state index contributed by atoms with van der Waals surface area (Å²) in [4.78, 5) is 0. The Morgan fingerprint density at radius 2 is 0.941 bits per heavy atom. The first-order chi connectivity index (χ1) is 15.5. The van der Waals surface area contributed by atoms with Gasteiger partial charge in [0.1, 0.15) is 11.5 Å². The molecule has 2 aliphatic heterocycles. The highest BCUT2D eigenvalue weighted by Crippen LogP contribution is 2.44. The Morgan fingerprint density at radius 3 is 1.26 bits per heavy atom. The van der Waals surface area contributed by atoms with E-state index in [4.69, 9.17) is 9.47 Å². The molecular formula is C30H44N2O2. The Labute approximate surface area is 206 Å². The molecule has 4 rings (SSSR count). The van der Waals surface area contributed by atoms with E-state index >= 15 is 0 Å². The summed E-state index contributed by atoms with van der Waals surface area (Å²) in [5.41, 5.74) is 5.43. The van der Waals surface area contributed by atoms with E-state index in [1.54, 1.807) is 0 Å². The number of ether oxygens (including phenoxy) is 2. The second kappa shape index (κ2) is 8.10. The number of hydrogen-bond acceptors (Lipinski definition) is 4. The lowest BCUT2D eigenvalue weighted by Gasteiger charge is -2.33. The molecule has 2 aromatic rings. The van der Waals surface area contributed by atoms with Crippen molar-refractivity contribution < 1.29 is 9.47 Å². The van der Waals surface area contributed by atoms with Crippen molar-refractivity contribution in [2.75, 3.05) is 10.6 Å². The van der Waals surface area contributed by atoms with Crippen molar-refractivity contribution in [3.63, 3.8) is 0 Å². The van der Waals surface area contributed by atoms with Gasteiger partial charge in [0.2, 0.25) is 12.5 Å². The van der Waals surface area contributed by atoms with Crippen LogP contribution >= 0.6 is 0 Å². The fourth-order valence-electron chi connectivity index (χ4n) is 6.10. The third-order valence-electron chi connectivity index (χ3n) is 6.84. The number of anilines is 2. The smallest absolute Gasteiger partial charge is 0.226 e. The molecule has 0 unspecified atom stereocenters. The molecule has 2 aromatic carbocycles. The SMILES string of the molecule is CC(C)(C)CC(C)(C)c1ccc2c(c1)N[C@@H]([C@H]1Nc3cc(C(C)(C)CC(C)(C)C)ccc3O1)O2. The molecule has 2 aliphatic rings. The summed E-state index contributed by atoms with van der Waals surface area (Å²) in [6, 6.07) is 13.1. The summed E-state index contributed by atoms with van der Waals surface area (Å²) in [7, 11) is 0. The van der Waals surface area contributed by atoms with Crippen LogP contribution in [0.5, 0.6) is 11.5 Å². The van der Waals surface area contributed by atoms with Gasteiger partial charge in [0.25, 0.3) is 0 Å². The first-order valence-corrected chi connectivity index (χ1v) is 12.7. The minimum absolute atomic E-state index is 0.0850.